The molecule has 1 aromatic rings. The summed E-state index contributed by atoms with van der Waals surface area (Å²) >= 11 is 0. The summed E-state index contributed by atoms with van der Waals surface area (Å²) in [5, 5.41) is 3.57. The number of nitrogens with zero attached hydrogens (tertiary/aromatic N) is 1. The van der Waals surface area contributed by atoms with Gasteiger partial charge in [-0.2, -0.15) is 0 Å². The molecule has 106 valence electrons. The third kappa shape index (κ3) is 4.22. The van der Waals surface area contributed by atoms with Crippen LogP contribution in [0.5, 0.6) is 5.75 Å². The number of rotatable bonds is 5. The largest absolute Gasteiger partial charge is 0.492 e. The first-order valence-corrected chi connectivity index (χ1v) is 7.32. The minimum absolute atomic E-state index is 0.576. The van der Waals surface area contributed by atoms with Gasteiger partial charge in [0.2, 0.25) is 0 Å². The van der Waals surface area contributed by atoms with Crippen molar-refractivity contribution in [3.8, 4) is 5.75 Å². The Hall–Kier alpha value is -1.06. The first-order chi connectivity index (χ1) is 9.16. The van der Waals surface area contributed by atoms with Crippen molar-refractivity contribution in [1.29, 1.82) is 0 Å². The van der Waals surface area contributed by atoms with Gasteiger partial charge in [0.25, 0.3) is 0 Å². The monoisotopic (exact) mass is 262 g/mol. The third-order valence-corrected chi connectivity index (χ3v) is 3.81. The highest BCUT2D eigenvalue weighted by molar-refractivity contribution is 5.20. The highest BCUT2D eigenvalue weighted by Gasteiger charge is 2.27. The molecule has 1 fully saturated rings. The fourth-order valence-electron chi connectivity index (χ4n) is 2.71. The summed E-state index contributed by atoms with van der Waals surface area (Å²) in [7, 11) is 0. The van der Waals surface area contributed by atoms with Crippen LogP contribution < -0.4 is 10.1 Å². The molecular formula is C16H26N2O. The Morgan fingerprint density at radius 1 is 1.32 bits per heavy atom. The summed E-state index contributed by atoms with van der Waals surface area (Å²) in [5.41, 5.74) is 0. The first kappa shape index (κ1) is 14.4. The van der Waals surface area contributed by atoms with Crippen LogP contribution in [0.1, 0.15) is 20.8 Å². The van der Waals surface area contributed by atoms with Gasteiger partial charge in [-0.25, -0.2) is 0 Å². The van der Waals surface area contributed by atoms with Crippen LogP contribution in [0.15, 0.2) is 30.3 Å². The van der Waals surface area contributed by atoms with Crippen LogP contribution >= 0.6 is 0 Å². The van der Waals surface area contributed by atoms with E-state index in [1.54, 1.807) is 0 Å². The molecule has 0 bridgehead atoms. The SMILES string of the molecule is CC1CN(CCOc2ccccc2)C(C(C)C)CN1. The van der Waals surface area contributed by atoms with E-state index >= 15 is 0 Å². The number of para-hydroxylation sites is 1. The Bertz CT molecular complexity index is 366. The number of hydrogen-bond acceptors (Lipinski definition) is 3. The predicted octanol–water partition coefficient (Wildman–Crippen LogP) is 2.38. The van der Waals surface area contributed by atoms with Gasteiger partial charge in [0.1, 0.15) is 12.4 Å². The third-order valence-electron chi connectivity index (χ3n) is 3.81. The van der Waals surface area contributed by atoms with E-state index in [9.17, 15) is 0 Å². The highest BCUT2D eigenvalue weighted by atomic mass is 16.5. The van der Waals surface area contributed by atoms with Crippen LogP contribution in [-0.2, 0) is 0 Å². The van der Waals surface area contributed by atoms with Crippen molar-refractivity contribution in [2.75, 3.05) is 26.2 Å². The van der Waals surface area contributed by atoms with Crippen LogP contribution in [0.2, 0.25) is 0 Å². The van der Waals surface area contributed by atoms with Crippen molar-refractivity contribution < 1.29 is 4.74 Å². The van der Waals surface area contributed by atoms with Crippen molar-refractivity contribution in [2.45, 2.75) is 32.9 Å². The number of nitrogens with one attached hydrogen (secondary N) is 1. The van der Waals surface area contributed by atoms with Gasteiger partial charge in [-0.1, -0.05) is 32.0 Å². The van der Waals surface area contributed by atoms with E-state index in [-0.39, 0.29) is 0 Å². The molecule has 1 aliphatic heterocycles. The van der Waals surface area contributed by atoms with Crippen LogP contribution in [0.25, 0.3) is 0 Å². The van der Waals surface area contributed by atoms with Crippen LogP contribution in [0.4, 0.5) is 0 Å². The minimum Gasteiger partial charge on any atom is -0.492 e. The number of piperazine rings is 1. The first-order valence-electron chi connectivity index (χ1n) is 7.32. The zero-order chi connectivity index (χ0) is 13.7. The van der Waals surface area contributed by atoms with Gasteiger partial charge in [-0.3, -0.25) is 4.90 Å². The van der Waals surface area contributed by atoms with Gasteiger partial charge in [0.05, 0.1) is 0 Å². The van der Waals surface area contributed by atoms with Gasteiger partial charge in [-0.15, -0.1) is 0 Å². The Morgan fingerprint density at radius 2 is 2.05 bits per heavy atom. The standard InChI is InChI=1S/C16H26N2O/c1-13(2)16-11-17-14(3)12-18(16)9-10-19-15-7-5-4-6-8-15/h4-8,13-14,16-17H,9-12H2,1-3H3. The molecular weight excluding hydrogens is 236 g/mol. The molecule has 0 spiro atoms. The number of ether oxygens (including phenoxy) is 1. The molecule has 1 heterocycles. The fourth-order valence-corrected chi connectivity index (χ4v) is 2.71. The lowest BCUT2D eigenvalue weighted by Crippen LogP contribution is -2.58. The quantitative estimate of drug-likeness (QED) is 0.882. The van der Waals surface area contributed by atoms with Crippen LogP contribution in [0.3, 0.4) is 0 Å². The Balaban J connectivity index is 1.82. The summed E-state index contributed by atoms with van der Waals surface area (Å²) in [6.07, 6.45) is 0. The summed E-state index contributed by atoms with van der Waals surface area (Å²) in [6.45, 7) is 10.8. The van der Waals surface area contributed by atoms with Crippen LogP contribution in [-0.4, -0.2) is 43.2 Å². The lowest BCUT2D eigenvalue weighted by Gasteiger charge is -2.41. The van der Waals surface area contributed by atoms with Crippen molar-refractivity contribution in [2.24, 2.45) is 5.92 Å². The fraction of sp³-hybridized carbons (Fsp3) is 0.625. The molecule has 1 aliphatic rings. The molecule has 1 aromatic carbocycles. The van der Waals surface area contributed by atoms with E-state index in [0.29, 0.717) is 18.0 Å². The van der Waals surface area contributed by atoms with Gasteiger partial charge in [-0.05, 0) is 25.0 Å². The summed E-state index contributed by atoms with van der Waals surface area (Å²) < 4.78 is 5.81. The van der Waals surface area contributed by atoms with Crippen molar-refractivity contribution >= 4 is 0 Å². The molecule has 3 heteroatoms. The Labute approximate surface area is 116 Å². The molecule has 1 saturated heterocycles. The number of benzene rings is 1. The van der Waals surface area contributed by atoms with Crippen molar-refractivity contribution in [3.63, 3.8) is 0 Å². The average molecular weight is 262 g/mol. The lowest BCUT2D eigenvalue weighted by atomic mass is 9.99. The Kier molecular flexibility index (Phi) is 5.23. The summed E-state index contributed by atoms with van der Waals surface area (Å²) in [6, 6.07) is 11.3. The second kappa shape index (κ2) is 6.92. The zero-order valence-electron chi connectivity index (χ0n) is 12.3. The van der Waals surface area contributed by atoms with E-state index in [2.05, 4.69) is 31.0 Å². The van der Waals surface area contributed by atoms with E-state index < -0.39 is 0 Å². The average Bonchev–Trinajstić information content (AvgIpc) is 2.39. The van der Waals surface area contributed by atoms with Crippen molar-refractivity contribution in [3.05, 3.63) is 30.3 Å². The molecule has 2 rings (SSSR count). The molecule has 0 aromatic heterocycles. The maximum atomic E-state index is 5.81. The smallest absolute Gasteiger partial charge is 0.119 e. The molecule has 2 unspecified atom stereocenters. The molecule has 0 saturated carbocycles. The molecule has 0 radical (unpaired) electrons. The second-order valence-corrected chi connectivity index (χ2v) is 5.78. The highest BCUT2D eigenvalue weighted by Crippen LogP contribution is 2.15. The van der Waals surface area contributed by atoms with E-state index in [1.165, 1.54) is 0 Å². The number of hydrogen-bond donors (Lipinski definition) is 1. The van der Waals surface area contributed by atoms with E-state index in [0.717, 1.165) is 32.0 Å². The lowest BCUT2D eigenvalue weighted by molar-refractivity contribution is 0.0864. The summed E-state index contributed by atoms with van der Waals surface area (Å²) in [4.78, 5) is 2.56. The zero-order valence-corrected chi connectivity index (χ0v) is 12.3. The van der Waals surface area contributed by atoms with Crippen molar-refractivity contribution in [1.82, 2.24) is 10.2 Å². The summed E-state index contributed by atoms with van der Waals surface area (Å²) in [5.74, 6) is 1.64. The molecule has 0 amide bonds. The normalized spacial score (nSPS) is 24.6. The van der Waals surface area contributed by atoms with Gasteiger partial charge < -0.3 is 10.1 Å². The molecule has 1 N–H and O–H groups in total. The molecule has 2 atom stereocenters. The molecule has 0 aliphatic carbocycles. The van der Waals surface area contributed by atoms with Gasteiger partial charge >= 0.3 is 0 Å². The maximum Gasteiger partial charge on any atom is 0.119 e. The minimum atomic E-state index is 0.576. The van der Waals surface area contributed by atoms with E-state index in [4.69, 9.17) is 4.74 Å². The van der Waals surface area contributed by atoms with E-state index in [1.807, 2.05) is 30.3 Å². The predicted molar refractivity (Wildman–Crippen MR) is 79.6 cm³/mol. The molecule has 19 heavy (non-hydrogen) atoms. The van der Waals surface area contributed by atoms with Gasteiger partial charge in [0, 0.05) is 31.7 Å². The Morgan fingerprint density at radius 3 is 2.74 bits per heavy atom. The van der Waals surface area contributed by atoms with Gasteiger partial charge in [0.15, 0.2) is 0 Å². The topological polar surface area (TPSA) is 24.5 Å². The van der Waals surface area contributed by atoms with Crippen LogP contribution in [0, 0.1) is 5.92 Å². The second-order valence-electron chi connectivity index (χ2n) is 5.78. The maximum absolute atomic E-state index is 5.81. The molecule has 3 nitrogen and oxygen atoms in total.